The third-order valence-corrected chi connectivity index (χ3v) is 2.44. The second-order valence-corrected chi connectivity index (χ2v) is 3.84. The summed E-state index contributed by atoms with van der Waals surface area (Å²) in [6.45, 7) is 0. The molecule has 0 unspecified atom stereocenters. The Bertz CT molecular complexity index is 719. The van der Waals surface area contributed by atoms with Gasteiger partial charge in [0.1, 0.15) is 0 Å². The van der Waals surface area contributed by atoms with Gasteiger partial charge in [0.25, 0.3) is 5.69 Å². The van der Waals surface area contributed by atoms with E-state index in [1.165, 1.54) is 6.07 Å². The molecule has 0 heterocycles. The maximum Gasteiger partial charge on any atom is 0.279 e. The lowest BCUT2D eigenvalue weighted by atomic mass is 10.0. The number of nitrogens with two attached hydrogens (primary N) is 2. The Labute approximate surface area is 130 Å². The fourth-order valence-corrected chi connectivity index (χ4v) is 1.61. The second-order valence-electron chi connectivity index (χ2n) is 3.84. The molecule has 0 radical (unpaired) electrons. The Morgan fingerprint density at radius 2 is 1.35 bits per heavy atom. The van der Waals surface area contributed by atoms with Crippen molar-refractivity contribution in [2.24, 2.45) is 0 Å². The topological polar surface area (TPSA) is 174 Å². The van der Waals surface area contributed by atoms with Crippen LogP contribution in [0, 0.1) is 10.1 Å². The Kier molecular flexibility index (Phi) is 8.35. The average Bonchev–Trinajstić information content (AvgIpc) is 2.50. The Morgan fingerprint density at radius 3 is 1.78 bits per heavy atom. The zero-order valence-electron chi connectivity index (χ0n) is 11.7. The summed E-state index contributed by atoms with van der Waals surface area (Å²) in [6, 6.07) is 11.5. The van der Waals surface area contributed by atoms with E-state index in [1.807, 2.05) is 0 Å². The van der Waals surface area contributed by atoms with Gasteiger partial charge in [-0.25, -0.2) is 0 Å². The molecule has 23 heavy (non-hydrogen) atoms. The molecule has 0 fully saturated rings. The van der Waals surface area contributed by atoms with Crippen LogP contribution < -0.4 is 11.5 Å². The molecule has 9 nitrogen and oxygen atoms in total. The first-order chi connectivity index (χ1) is 10.9. The van der Waals surface area contributed by atoms with Gasteiger partial charge in [0.15, 0.2) is 0 Å². The first kappa shape index (κ1) is 19.2. The molecule has 0 saturated carbocycles. The monoisotopic (exact) mass is 313 g/mol. The van der Waals surface area contributed by atoms with Crippen LogP contribution >= 0.6 is 0 Å². The number of nitrogens with zero attached hydrogens (tertiary/aromatic N) is 3. The summed E-state index contributed by atoms with van der Waals surface area (Å²) in [5, 5.41) is 24.5. The number of nitrogen functional groups attached to an aromatic ring is 2. The standard InChI is InChI=1S/C12H11N3O2.2CNO/c13-9-3-1-8(2-4-9)11-6-5-10(14)7-12(11)15(16)17;2*2-1-3/h1-7H,13-14H2;;/q;2*-1. The van der Waals surface area contributed by atoms with Gasteiger partial charge in [-0.2, -0.15) is 0 Å². The molecule has 2 aromatic carbocycles. The van der Waals surface area contributed by atoms with E-state index >= 15 is 0 Å². The molecule has 2 aromatic rings. The van der Waals surface area contributed by atoms with E-state index in [0.717, 1.165) is 5.56 Å². The summed E-state index contributed by atoms with van der Waals surface area (Å²) < 4.78 is 0. The molecule has 118 valence electrons. The Balaban J connectivity index is 0.000000704. The molecule has 0 aliphatic heterocycles. The van der Waals surface area contributed by atoms with Crippen molar-refractivity contribution in [1.29, 1.82) is 0 Å². The highest BCUT2D eigenvalue weighted by molar-refractivity contribution is 5.76. The van der Waals surface area contributed by atoms with Crippen LogP contribution in [0.1, 0.15) is 0 Å². The molecule has 0 saturated heterocycles. The molecule has 4 N–H and O–H groups in total. The molecule has 0 aromatic heterocycles. The lowest BCUT2D eigenvalue weighted by Gasteiger charge is -2.04. The van der Waals surface area contributed by atoms with Crippen LogP contribution in [0.25, 0.3) is 21.9 Å². The molecule has 0 aliphatic carbocycles. The number of isocyanates is 2. The largest absolute Gasteiger partial charge is 0.724 e. The molecular formula is C14H11N5O4-2. The SMILES string of the molecule is Nc1ccc(-c2ccc(N)cc2[N+](=O)[O-])cc1.[N-]=C=O.[N-]=C=O. The van der Waals surface area contributed by atoms with Crippen molar-refractivity contribution in [3.8, 4) is 11.1 Å². The van der Waals surface area contributed by atoms with Gasteiger partial charge in [0, 0.05) is 17.4 Å². The number of nitro groups is 1. The molecule has 0 amide bonds. The van der Waals surface area contributed by atoms with E-state index < -0.39 is 4.92 Å². The van der Waals surface area contributed by atoms with Gasteiger partial charge in [-0.15, -0.1) is 0 Å². The molecular weight excluding hydrogens is 302 g/mol. The van der Waals surface area contributed by atoms with Gasteiger partial charge in [-0.1, -0.05) is 12.1 Å². The van der Waals surface area contributed by atoms with Crippen molar-refractivity contribution in [1.82, 2.24) is 0 Å². The number of rotatable bonds is 2. The highest BCUT2D eigenvalue weighted by Gasteiger charge is 2.15. The highest BCUT2D eigenvalue weighted by Crippen LogP contribution is 2.31. The number of hydrogen-bond acceptors (Lipinski definition) is 6. The summed E-state index contributed by atoms with van der Waals surface area (Å²) in [6.07, 6.45) is 1.00. The van der Waals surface area contributed by atoms with E-state index in [-0.39, 0.29) is 5.69 Å². The summed E-state index contributed by atoms with van der Waals surface area (Å²) in [4.78, 5) is 27.0. The zero-order chi connectivity index (χ0) is 17.8. The highest BCUT2D eigenvalue weighted by atomic mass is 16.6. The Morgan fingerprint density at radius 1 is 0.913 bits per heavy atom. The van der Waals surface area contributed by atoms with Crippen LogP contribution in [0.4, 0.5) is 17.1 Å². The zero-order valence-corrected chi connectivity index (χ0v) is 11.7. The summed E-state index contributed by atoms with van der Waals surface area (Å²) >= 11 is 0. The van der Waals surface area contributed by atoms with Crippen molar-refractivity contribution in [2.45, 2.75) is 0 Å². The van der Waals surface area contributed by atoms with Crippen molar-refractivity contribution in [3.63, 3.8) is 0 Å². The van der Waals surface area contributed by atoms with E-state index in [1.54, 1.807) is 36.4 Å². The third-order valence-electron chi connectivity index (χ3n) is 2.44. The van der Waals surface area contributed by atoms with Crippen molar-refractivity contribution in [3.05, 3.63) is 63.4 Å². The number of nitro benzene ring substituents is 1. The third kappa shape index (κ3) is 6.46. The van der Waals surface area contributed by atoms with E-state index in [2.05, 4.69) is 0 Å². The molecule has 9 heteroatoms. The predicted octanol–water partition coefficient (Wildman–Crippen LogP) is 2.21. The quantitative estimate of drug-likeness (QED) is 0.282. The van der Waals surface area contributed by atoms with Crippen LogP contribution in [-0.2, 0) is 9.59 Å². The van der Waals surface area contributed by atoms with Crippen molar-refractivity contribution in [2.75, 3.05) is 11.5 Å². The van der Waals surface area contributed by atoms with Gasteiger partial charge in [0.05, 0.1) is 10.5 Å². The maximum absolute atomic E-state index is 10.9. The molecule has 2 rings (SSSR count). The van der Waals surface area contributed by atoms with Gasteiger partial charge < -0.3 is 22.3 Å². The molecule has 0 bridgehead atoms. The Hall–Kier alpha value is -3.80. The van der Waals surface area contributed by atoms with Gasteiger partial charge in [-0.05, 0) is 42.0 Å². The smallest absolute Gasteiger partial charge is 0.279 e. The number of carbonyl (C=O) groups excluding carboxylic acids is 2. The van der Waals surface area contributed by atoms with Crippen LogP contribution in [0.15, 0.2) is 42.5 Å². The maximum atomic E-state index is 10.9. The minimum atomic E-state index is -0.442. The van der Waals surface area contributed by atoms with Gasteiger partial charge >= 0.3 is 0 Å². The molecule has 0 atom stereocenters. The first-order valence-electron chi connectivity index (χ1n) is 5.83. The van der Waals surface area contributed by atoms with E-state index in [0.29, 0.717) is 29.1 Å². The minimum Gasteiger partial charge on any atom is -0.724 e. The van der Waals surface area contributed by atoms with Crippen LogP contribution in [0.5, 0.6) is 0 Å². The van der Waals surface area contributed by atoms with Crippen LogP contribution in [0.3, 0.4) is 0 Å². The molecule has 0 aliphatic rings. The lowest BCUT2D eigenvalue weighted by molar-refractivity contribution is -0.384. The summed E-state index contributed by atoms with van der Waals surface area (Å²) in [7, 11) is 0. The second kappa shape index (κ2) is 10.0. The van der Waals surface area contributed by atoms with Gasteiger partial charge in [0.2, 0.25) is 0 Å². The van der Waals surface area contributed by atoms with Crippen molar-refractivity contribution >= 4 is 29.2 Å². The van der Waals surface area contributed by atoms with Crippen LogP contribution in [0.2, 0.25) is 0 Å². The fourth-order valence-electron chi connectivity index (χ4n) is 1.61. The van der Waals surface area contributed by atoms with Gasteiger partial charge in [-0.3, -0.25) is 19.7 Å². The van der Waals surface area contributed by atoms with Crippen molar-refractivity contribution < 1.29 is 14.5 Å². The normalized spacial score (nSPS) is 8.17. The number of benzene rings is 2. The first-order valence-corrected chi connectivity index (χ1v) is 5.83. The lowest BCUT2D eigenvalue weighted by Crippen LogP contribution is -1.94. The van der Waals surface area contributed by atoms with E-state index in [4.69, 9.17) is 31.9 Å². The average molecular weight is 313 g/mol. The fraction of sp³-hybridized carbons (Fsp3) is 0. The summed E-state index contributed by atoms with van der Waals surface area (Å²) in [5.74, 6) is 0. The number of hydrogen-bond donors (Lipinski definition) is 2. The predicted molar refractivity (Wildman–Crippen MR) is 85.5 cm³/mol. The minimum absolute atomic E-state index is 0.00484. The number of anilines is 2. The van der Waals surface area contributed by atoms with E-state index in [9.17, 15) is 10.1 Å². The van der Waals surface area contributed by atoms with Crippen LogP contribution in [-0.4, -0.2) is 17.1 Å². The molecule has 0 spiro atoms. The summed E-state index contributed by atoms with van der Waals surface area (Å²) in [5.41, 5.74) is 13.4.